The van der Waals surface area contributed by atoms with Gasteiger partial charge in [0.15, 0.2) is 0 Å². The van der Waals surface area contributed by atoms with Crippen molar-refractivity contribution < 1.29 is 18.0 Å². The van der Waals surface area contributed by atoms with Crippen LogP contribution in [0.1, 0.15) is 23.0 Å². The summed E-state index contributed by atoms with van der Waals surface area (Å²) in [6, 6.07) is 12.3. The van der Waals surface area contributed by atoms with Crippen LogP contribution in [0.3, 0.4) is 0 Å². The number of hydrogen-bond acceptors (Lipinski definition) is 5. The van der Waals surface area contributed by atoms with Gasteiger partial charge in [0.25, 0.3) is 0 Å². The molecule has 0 spiro atoms. The number of aryl methyl sites for hydroxylation is 1. The van der Waals surface area contributed by atoms with E-state index in [1.165, 1.54) is 12.1 Å². The molecule has 2 atom stereocenters. The van der Waals surface area contributed by atoms with E-state index in [9.17, 15) is 18.0 Å². The third-order valence-electron chi connectivity index (χ3n) is 4.56. The van der Waals surface area contributed by atoms with Gasteiger partial charge in [0.05, 0.1) is 17.3 Å². The number of anilines is 1. The lowest BCUT2D eigenvalue weighted by atomic mass is 10.0. The number of nitrogens with one attached hydrogen (secondary N) is 2. The lowest BCUT2D eigenvalue weighted by Gasteiger charge is -2.33. The number of halogens is 4. The van der Waals surface area contributed by atoms with E-state index in [0.717, 1.165) is 23.4 Å². The Kier molecular flexibility index (Phi) is 5.49. The molecular formula is C19H15BrF3N5OS. The van der Waals surface area contributed by atoms with Gasteiger partial charge in [-0.3, -0.25) is 4.79 Å². The van der Waals surface area contributed by atoms with Crippen LogP contribution >= 0.6 is 27.7 Å². The quantitative estimate of drug-likeness (QED) is 0.545. The Hall–Kier alpha value is -2.53. The average Bonchev–Trinajstić information content (AvgIpc) is 3.08. The van der Waals surface area contributed by atoms with Crippen molar-refractivity contribution >= 4 is 39.3 Å². The molecule has 1 aliphatic heterocycles. The van der Waals surface area contributed by atoms with E-state index in [2.05, 4.69) is 36.9 Å². The molecule has 1 aromatic heterocycles. The van der Waals surface area contributed by atoms with Crippen molar-refractivity contribution in [3.05, 3.63) is 70.0 Å². The molecule has 6 nitrogen and oxygen atoms in total. The Morgan fingerprint density at radius 3 is 2.63 bits per heavy atom. The van der Waals surface area contributed by atoms with Gasteiger partial charge < -0.3 is 10.7 Å². The SMILES string of the molecule is Cc1nnc2n1N[C@H](c1ccccc1)[C@@H](C(=O)Nc1ccc(Br)cc1C(F)(F)F)S2. The first-order valence-electron chi connectivity index (χ1n) is 8.82. The average molecular weight is 498 g/mol. The zero-order valence-corrected chi connectivity index (χ0v) is 17.8. The topological polar surface area (TPSA) is 71.8 Å². The second-order valence-electron chi connectivity index (χ2n) is 6.60. The van der Waals surface area contributed by atoms with E-state index in [-0.39, 0.29) is 10.2 Å². The molecule has 4 rings (SSSR count). The highest BCUT2D eigenvalue weighted by atomic mass is 79.9. The highest BCUT2D eigenvalue weighted by Gasteiger charge is 2.39. The summed E-state index contributed by atoms with van der Waals surface area (Å²) < 4.78 is 42.3. The van der Waals surface area contributed by atoms with Crippen LogP contribution in [0.5, 0.6) is 0 Å². The van der Waals surface area contributed by atoms with Crippen LogP contribution in [-0.4, -0.2) is 26.0 Å². The number of amides is 1. The van der Waals surface area contributed by atoms with Gasteiger partial charge in [-0.05, 0) is 30.7 Å². The minimum atomic E-state index is -4.61. The van der Waals surface area contributed by atoms with Crippen molar-refractivity contribution in [1.82, 2.24) is 14.9 Å². The maximum Gasteiger partial charge on any atom is 0.418 e. The fourth-order valence-electron chi connectivity index (χ4n) is 3.13. The van der Waals surface area contributed by atoms with Gasteiger partial charge in [-0.25, -0.2) is 4.68 Å². The zero-order chi connectivity index (χ0) is 21.5. The first-order valence-corrected chi connectivity index (χ1v) is 10.5. The van der Waals surface area contributed by atoms with Crippen molar-refractivity contribution in [2.24, 2.45) is 0 Å². The standard InChI is InChI=1S/C19H15BrF3N5OS/c1-10-25-26-18-28(10)27-15(11-5-3-2-4-6-11)16(30-18)17(29)24-14-8-7-12(20)9-13(14)19(21,22)23/h2-9,15-16,27H,1H3,(H,24,29)/t15-,16+/m1/s1. The number of carbonyl (C=O) groups excluding carboxylic acids is 1. The molecule has 1 aliphatic rings. The van der Waals surface area contributed by atoms with E-state index in [1.54, 1.807) is 11.6 Å². The fraction of sp³-hybridized carbons (Fsp3) is 0.211. The third-order valence-corrected chi connectivity index (χ3v) is 6.27. The van der Waals surface area contributed by atoms with Crippen LogP contribution in [0.2, 0.25) is 0 Å². The number of thioether (sulfide) groups is 1. The maximum absolute atomic E-state index is 13.5. The third kappa shape index (κ3) is 4.04. The Morgan fingerprint density at radius 2 is 1.93 bits per heavy atom. The Balaban J connectivity index is 1.68. The number of alkyl halides is 3. The molecule has 2 aromatic carbocycles. The number of aromatic nitrogens is 3. The number of hydrogen-bond donors (Lipinski definition) is 2. The summed E-state index contributed by atoms with van der Waals surface area (Å²) in [5, 5.41) is 10.2. The summed E-state index contributed by atoms with van der Waals surface area (Å²) in [6.07, 6.45) is -4.61. The highest BCUT2D eigenvalue weighted by molar-refractivity contribution is 9.10. The molecule has 30 heavy (non-hydrogen) atoms. The van der Waals surface area contributed by atoms with Gasteiger partial charge in [-0.2, -0.15) is 13.2 Å². The first kappa shape index (κ1) is 20.7. The summed E-state index contributed by atoms with van der Waals surface area (Å²) in [4.78, 5) is 13.1. The molecule has 1 amide bonds. The molecule has 2 heterocycles. The molecular weight excluding hydrogens is 483 g/mol. The van der Waals surface area contributed by atoms with Crippen molar-refractivity contribution in [2.45, 2.75) is 29.5 Å². The van der Waals surface area contributed by atoms with Crippen LogP contribution < -0.4 is 10.7 Å². The molecule has 0 fully saturated rings. The molecule has 0 bridgehead atoms. The van der Waals surface area contributed by atoms with Gasteiger partial charge in [0.2, 0.25) is 11.1 Å². The van der Waals surface area contributed by atoms with Crippen LogP contribution in [0.15, 0.2) is 58.2 Å². The number of fused-ring (bicyclic) bond motifs is 1. The van der Waals surface area contributed by atoms with Crippen LogP contribution in [0, 0.1) is 6.92 Å². The molecule has 0 unspecified atom stereocenters. The first-order chi connectivity index (χ1) is 14.2. The summed E-state index contributed by atoms with van der Waals surface area (Å²) in [5.41, 5.74) is 2.81. The van der Waals surface area contributed by atoms with E-state index in [0.29, 0.717) is 11.0 Å². The van der Waals surface area contributed by atoms with Crippen LogP contribution in [0.4, 0.5) is 18.9 Å². The second-order valence-corrected chi connectivity index (χ2v) is 8.62. The van der Waals surface area contributed by atoms with E-state index in [4.69, 9.17) is 0 Å². The minimum Gasteiger partial charge on any atom is -0.324 e. The predicted octanol–water partition coefficient (Wildman–Crippen LogP) is 4.77. The zero-order valence-electron chi connectivity index (χ0n) is 15.4. The lowest BCUT2D eigenvalue weighted by Crippen LogP contribution is -2.41. The Morgan fingerprint density at radius 1 is 1.20 bits per heavy atom. The van der Waals surface area contributed by atoms with Gasteiger partial charge in [0.1, 0.15) is 11.1 Å². The Labute approximate surface area is 182 Å². The molecule has 156 valence electrons. The van der Waals surface area contributed by atoms with E-state index >= 15 is 0 Å². The second kappa shape index (κ2) is 7.95. The lowest BCUT2D eigenvalue weighted by molar-refractivity contribution is -0.137. The summed E-state index contributed by atoms with van der Waals surface area (Å²) >= 11 is 4.20. The summed E-state index contributed by atoms with van der Waals surface area (Å²) in [6.45, 7) is 1.77. The molecule has 11 heteroatoms. The number of rotatable bonds is 3. The predicted molar refractivity (Wildman–Crippen MR) is 111 cm³/mol. The molecule has 0 saturated heterocycles. The normalized spacial score (nSPS) is 18.4. The fourth-order valence-corrected chi connectivity index (χ4v) is 4.62. The highest BCUT2D eigenvalue weighted by Crippen LogP contribution is 2.40. The number of benzene rings is 2. The number of nitrogens with zero attached hydrogens (tertiary/aromatic N) is 3. The smallest absolute Gasteiger partial charge is 0.324 e. The van der Waals surface area contributed by atoms with Gasteiger partial charge in [-0.1, -0.05) is 58.0 Å². The largest absolute Gasteiger partial charge is 0.418 e. The van der Waals surface area contributed by atoms with Gasteiger partial charge >= 0.3 is 6.18 Å². The van der Waals surface area contributed by atoms with E-state index in [1.807, 2.05) is 30.3 Å². The van der Waals surface area contributed by atoms with Gasteiger partial charge in [0, 0.05) is 4.47 Å². The summed E-state index contributed by atoms with van der Waals surface area (Å²) in [5.74, 6) is 0.0469. The Bertz CT molecular complexity index is 1090. The van der Waals surface area contributed by atoms with Crippen molar-refractivity contribution in [2.75, 3.05) is 10.7 Å². The van der Waals surface area contributed by atoms with Crippen LogP contribution in [0.25, 0.3) is 0 Å². The van der Waals surface area contributed by atoms with E-state index < -0.39 is 28.9 Å². The van der Waals surface area contributed by atoms with Crippen LogP contribution in [-0.2, 0) is 11.0 Å². The molecule has 2 N–H and O–H groups in total. The molecule has 0 saturated carbocycles. The monoisotopic (exact) mass is 497 g/mol. The number of carbonyl (C=O) groups is 1. The molecule has 0 aliphatic carbocycles. The molecule has 3 aromatic rings. The summed E-state index contributed by atoms with van der Waals surface area (Å²) in [7, 11) is 0. The van der Waals surface area contributed by atoms with Crippen molar-refractivity contribution in [3.8, 4) is 0 Å². The minimum absolute atomic E-state index is 0.271. The molecule has 0 radical (unpaired) electrons. The van der Waals surface area contributed by atoms with Crippen molar-refractivity contribution in [1.29, 1.82) is 0 Å². The van der Waals surface area contributed by atoms with Crippen molar-refractivity contribution in [3.63, 3.8) is 0 Å². The van der Waals surface area contributed by atoms with Gasteiger partial charge in [-0.15, -0.1) is 10.2 Å². The maximum atomic E-state index is 13.5.